The molecule has 100 valence electrons. The predicted octanol–water partition coefficient (Wildman–Crippen LogP) is -0.585. The highest BCUT2D eigenvalue weighted by atomic mass is 16.5. The van der Waals surface area contributed by atoms with E-state index in [1.54, 1.807) is 11.6 Å². The molecular formula is C12H18N2O4. The van der Waals surface area contributed by atoms with Crippen molar-refractivity contribution in [2.45, 2.75) is 13.2 Å². The largest absolute Gasteiger partial charge is 0.503 e. The van der Waals surface area contributed by atoms with Gasteiger partial charge in [0.15, 0.2) is 5.75 Å². The van der Waals surface area contributed by atoms with Gasteiger partial charge in [-0.25, -0.2) is 0 Å². The van der Waals surface area contributed by atoms with E-state index in [4.69, 9.17) is 4.74 Å². The van der Waals surface area contributed by atoms with E-state index < -0.39 is 5.43 Å². The van der Waals surface area contributed by atoms with Crippen LogP contribution in [-0.2, 0) is 24.9 Å². The van der Waals surface area contributed by atoms with Crippen LogP contribution in [0.4, 0.5) is 0 Å². The van der Waals surface area contributed by atoms with Crippen molar-refractivity contribution in [2.24, 2.45) is 7.05 Å². The van der Waals surface area contributed by atoms with E-state index in [9.17, 15) is 15.0 Å². The average molecular weight is 254 g/mol. The number of aromatic nitrogens is 1. The Balaban J connectivity index is 2.30. The molecule has 0 spiro atoms. The number of nitrogens with zero attached hydrogens (tertiary/aromatic N) is 2. The Morgan fingerprint density at radius 3 is 2.67 bits per heavy atom. The summed E-state index contributed by atoms with van der Waals surface area (Å²) in [5, 5.41) is 19.0. The Hall–Kier alpha value is -1.37. The van der Waals surface area contributed by atoms with Crippen LogP contribution < -0.4 is 5.43 Å². The zero-order chi connectivity index (χ0) is 13.1. The molecule has 1 aromatic heterocycles. The van der Waals surface area contributed by atoms with E-state index in [0.717, 1.165) is 13.1 Å². The molecule has 18 heavy (non-hydrogen) atoms. The minimum absolute atomic E-state index is 0.220. The van der Waals surface area contributed by atoms with Gasteiger partial charge >= 0.3 is 0 Å². The van der Waals surface area contributed by atoms with Gasteiger partial charge in [-0.3, -0.25) is 9.69 Å². The second-order valence-electron chi connectivity index (χ2n) is 4.40. The summed E-state index contributed by atoms with van der Waals surface area (Å²) < 4.78 is 6.93. The highest BCUT2D eigenvalue weighted by Crippen LogP contribution is 2.16. The standard InChI is InChI=1S/C12H18N2O4/c1-13-9(8-15)6-11(16)12(17)10(13)7-14-2-4-18-5-3-14/h6,15,17H,2-5,7-8H2,1H3. The summed E-state index contributed by atoms with van der Waals surface area (Å²) in [5.41, 5.74) is 0.593. The van der Waals surface area contributed by atoms with Gasteiger partial charge in [-0.2, -0.15) is 0 Å². The van der Waals surface area contributed by atoms with Crippen LogP contribution in [0, 0.1) is 0 Å². The Labute approximate surface area is 105 Å². The second kappa shape index (κ2) is 5.51. The van der Waals surface area contributed by atoms with Crippen molar-refractivity contribution in [1.29, 1.82) is 0 Å². The van der Waals surface area contributed by atoms with Crippen molar-refractivity contribution in [1.82, 2.24) is 9.47 Å². The van der Waals surface area contributed by atoms with Gasteiger partial charge in [-0.15, -0.1) is 0 Å². The molecule has 0 atom stereocenters. The second-order valence-corrected chi connectivity index (χ2v) is 4.40. The molecule has 0 aliphatic carbocycles. The van der Waals surface area contributed by atoms with E-state index >= 15 is 0 Å². The average Bonchev–Trinajstić information content (AvgIpc) is 2.40. The molecule has 1 aliphatic heterocycles. The third kappa shape index (κ3) is 2.55. The lowest BCUT2D eigenvalue weighted by atomic mass is 10.2. The van der Waals surface area contributed by atoms with E-state index in [-0.39, 0.29) is 12.4 Å². The zero-order valence-electron chi connectivity index (χ0n) is 10.4. The molecule has 0 unspecified atom stereocenters. The van der Waals surface area contributed by atoms with Gasteiger partial charge in [0.2, 0.25) is 5.43 Å². The minimum Gasteiger partial charge on any atom is -0.503 e. The first-order valence-electron chi connectivity index (χ1n) is 5.95. The molecule has 6 heteroatoms. The minimum atomic E-state index is -0.444. The number of rotatable bonds is 3. The summed E-state index contributed by atoms with van der Waals surface area (Å²) in [6.45, 7) is 3.13. The smallest absolute Gasteiger partial charge is 0.223 e. The summed E-state index contributed by atoms with van der Waals surface area (Å²) in [6, 6.07) is 1.26. The fourth-order valence-electron chi connectivity index (χ4n) is 2.09. The molecule has 1 fully saturated rings. The number of ether oxygens (including phenoxy) is 1. The van der Waals surface area contributed by atoms with E-state index in [1.807, 2.05) is 0 Å². The Morgan fingerprint density at radius 1 is 1.39 bits per heavy atom. The molecule has 2 N–H and O–H groups in total. The Kier molecular flexibility index (Phi) is 4.00. The van der Waals surface area contributed by atoms with Crippen molar-refractivity contribution in [2.75, 3.05) is 26.3 Å². The molecule has 1 aromatic rings. The quantitative estimate of drug-likeness (QED) is 0.754. The Morgan fingerprint density at radius 2 is 2.06 bits per heavy atom. The molecule has 1 aliphatic rings. The molecule has 0 saturated carbocycles. The van der Waals surface area contributed by atoms with Crippen LogP contribution in [0.25, 0.3) is 0 Å². The third-order valence-corrected chi connectivity index (χ3v) is 3.28. The topological polar surface area (TPSA) is 74.9 Å². The summed E-state index contributed by atoms with van der Waals surface area (Å²) in [5.74, 6) is -0.235. The number of aliphatic hydroxyl groups is 1. The van der Waals surface area contributed by atoms with Gasteiger partial charge in [-0.1, -0.05) is 0 Å². The SMILES string of the molecule is Cn1c(CO)cc(=O)c(O)c1CN1CCOCC1. The third-order valence-electron chi connectivity index (χ3n) is 3.28. The number of aromatic hydroxyl groups is 1. The first-order valence-corrected chi connectivity index (χ1v) is 5.95. The van der Waals surface area contributed by atoms with Gasteiger partial charge in [0.05, 0.1) is 25.5 Å². The Bertz CT molecular complexity index is 478. The van der Waals surface area contributed by atoms with Gasteiger partial charge < -0.3 is 19.5 Å². The summed E-state index contributed by atoms with van der Waals surface area (Å²) in [4.78, 5) is 13.7. The summed E-state index contributed by atoms with van der Waals surface area (Å²) in [6.07, 6.45) is 0. The lowest BCUT2D eigenvalue weighted by molar-refractivity contribution is 0.0327. The first-order chi connectivity index (χ1) is 8.63. The van der Waals surface area contributed by atoms with Crippen LogP contribution in [0.1, 0.15) is 11.4 Å². The maximum Gasteiger partial charge on any atom is 0.223 e. The first kappa shape index (κ1) is 13.1. The number of aliphatic hydroxyl groups excluding tert-OH is 1. The lowest BCUT2D eigenvalue weighted by Gasteiger charge is -2.28. The van der Waals surface area contributed by atoms with Crippen LogP contribution in [0.15, 0.2) is 10.9 Å². The molecule has 6 nitrogen and oxygen atoms in total. The van der Waals surface area contributed by atoms with Crippen molar-refractivity contribution < 1.29 is 14.9 Å². The number of morpholine rings is 1. The number of hydrogen-bond acceptors (Lipinski definition) is 5. The molecule has 1 saturated heterocycles. The highest BCUT2D eigenvalue weighted by molar-refractivity contribution is 5.29. The predicted molar refractivity (Wildman–Crippen MR) is 65.4 cm³/mol. The molecule has 2 rings (SSSR count). The highest BCUT2D eigenvalue weighted by Gasteiger charge is 2.17. The van der Waals surface area contributed by atoms with Crippen LogP contribution in [-0.4, -0.2) is 46.0 Å². The summed E-state index contributed by atoms with van der Waals surface area (Å²) >= 11 is 0. The van der Waals surface area contributed by atoms with Crippen LogP contribution in [0.5, 0.6) is 5.75 Å². The van der Waals surface area contributed by atoms with Crippen LogP contribution >= 0.6 is 0 Å². The number of hydrogen-bond donors (Lipinski definition) is 2. The molecule has 0 amide bonds. The molecule has 2 heterocycles. The van der Waals surface area contributed by atoms with E-state index in [0.29, 0.717) is 31.1 Å². The van der Waals surface area contributed by atoms with Gasteiger partial charge in [0, 0.05) is 38.4 Å². The molecule has 0 aromatic carbocycles. The summed E-state index contributed by atoms with van der Waals surface area (Å²) in [7, 11) is 1.74. The maximum absolute atomic E-state index is 11.6. The van der Waals surface area contributed by atoms with Crippen LogP contribution in [0.3, 0.4) is 0 Å². The monoisotopic (exact) mass is 254 g/mol. The zero-order valence-corrected chi connectivity index (χ0v) is 10.4. The van der Waals surface area contributed by atoms with Crippen molar-refractivity contribution in [3.05, 3.63) is 27.7 Å². The van der Waals surface area contributed by atoms with Crippen LogP contribution in [0.2, 0.25) is 0 Å². The molecule has 0 bridgehead atoms. The van der Waals surface area contributed by atoms with Crippen molar-refractivity contribution >= 4 is 0 Å². The number of pyridine rings is 1. The molecular weight excluding hydrogens is 236 g/mol. The van der Waals surface area contributed by atoms with E-state index in [2.05, 4.69) is 4.90 Å². The fourth-order valence-corrected chi connectivity index (χ4v) is 2.09. The molecule has 0 radical (unpaired) electrons. The maximum atomic E-state index is 11.6. The normalized spacial score (nSPS) is 17.0. The van der Waals surface area contributed by atoms with Crippen molar-refractivity contribution in [3.63, 3.8) is 0 Å². The van der Waals surface area contributed by atoms with Gasteiger partial charge in [0.25, 0.3) is 0 Å². The van der Waals surface area contributed by atoms with E-state index in [1.165, 1.54) is 6.07 Å². The van der Waals surface area contributed by atoms with Gasteiger partial charge in [0.1, 0.15) is 0 Å². The lowest BCUT2D eigenvalue weighted by Crippen LogP contribution is -2.36. The van der Waals surface area contributed by atoms with Crippen molar-refractivity contribution in [3.8, 4) is 5.75 Å². The fraction of sp³-hybridized carbons (Fsp3) is 0.583. The van der Waals surface area contributed by atoms with Gasteiger partial charge in [-0.05, 0) is 0 Å².